The van der Waals surface area contributed by atoms with E-state index in [9.17, 15) is 14.7 Å². The first-order valence-corrected chi connectivity index (χ1v) is 17.8. The SMILES string of the molecule is CCC(C)CCCCCCCCCCCCC(=O)OC[C@H](CO)OC(=O)CCCCCCCCCCCCC(C)C. The van der Waals surface area contributed by atoms with E-state index in [0.29, 0.717) is 12.8 Å². The van der Waals surface area contributed by atoms with Gasteiger partial charge in [-0.3, -0.25) is 9.59 Å². The minimum Gasteiger partial charge on any atom is -0.462 e. The van der Waals surface area contributed by atoms with Gasteiger partial charge < -0.3 is 14.6 Å². The Hall–Kier alpha value is -1.10. The number of aliphatic hydroxyl groups is 1. The molecule has 2 atom stereocenters. The maximum atomic E-state index is 12.1. The second-order valence-electron chi connectivity index (χ2n) is 13.0. The summed E-state index contributed by atoms with van der Waals surface area (Å²) in [4.78, 5) is 24.1. The second kappa shape index (κ2) is 30.4. The van der Waals surface area contributed by atoms with Gasteiger partial charge in [0, 0.05) is 12.8 Å². The van der Waals surface area contributed by atoms with Crippen LogP contribution in [0.3, 0.4) is 0 Å². The number of aliphatic hydroxyl groups excluding tert-OH is 1. The molecule has 0 saturated heterocycles. The van der Waals surface area contributed by atoms with E-state index < -0.39 is 6.10 Å². The molecule has 0 aromatic carbocycles. The molecule has 0 amide bonds. The zero-order valence-electron chi connectivity index (χ0n) is 27.9. The van der Waals surface area contributed by atoms with Gasteiger partial charge in [0.05, 0.1) is 6.61 Å². The van der Waals surface area contributed by atoms with E-state index in [-0.39, 0.29) is 25.2 Å². The first-order chi connectivity index (χ1) is 19.9. The Balaban J connectivity index is 3.55. The lowest BCUT2D eigenvalue weighted by Gasteiger charge is -2.15. The highest BCUT2D eigenvalue weighted by atomic mass is 16.6. The molecule has 0 aromatic rings. The molecule has 1 N–H and O–H groups in total. The van der Waals surface area contributed by atoms with E-state index in [1.54, 1.807) is 0 Å². The molecular weight excluding hydrogens is 512 g/mol. The number of rotatable bonds is 31. The molecule has 5 nitrogen and oxygen atoms in total. The van der Waals surface area contributed by atoms with Crippen molar-refractivity contribution in [1.29, 1.82) is 0 Å². The maximum absolute atomic E-state index is 12.1. The summed E-state index contributed by atoms with van der Waals surface area (Å²) in [6, 6.07) is 0. The normalized spacial score (nSPS) is 12.9. The van der Waals surface area contributed by atoms with Gasteiger partial charge in [0.25, 0.3) is 0 Å². The second-order valence-corrected chi connectivity index (χ2v) is 13.0. The van der Waals surface area contributed by atoms with E-state index in [0.717, 1.165) is 50.4 Å². The smallest absolute Gasteiger partial charge is 0.306 e. The van der Waals surface area contributed by atoms with Crippen molar-refractivity contribution in [2.45, 2.75) is 194 Å². The van der Waals surface area contributed by atoms with Crippen molar-refractivity contribution < 1.29 is 24.2 Å². The molecular formula is C36H70O5. The summed E-state index contributed by atoms with van der Waals surface area (Å²) < 4.78 is 10.6. The third-order valence-electron chi connectivity index (χ3n) is 8.37. The van der Waals surface area contributed by atoms with Gasteiger partial charge in [0.15, 0.2) is 6.10 Å². The Morgan fingerprint density at radius 1 is 0.561 bits per heavy atom. The van der Waals surface area contributed by atoms with E-state index in [4.69, 9.17) is 9.47 Å². The summed E-state index contributed by atoms with van der Waals surface area (Å²) in [7, 11) is 0. The average Bonchev–Trinajstić information content (AvgIpc) is 2.95. The predicted octanol–water partition coefficient (Wildman–Crippen LogP) is 10.5. The third kappa shape index (κ3) is 30.2. The van der Waals surface area contributed by atoms with Crippen molar-refractivity contribution in [2.24, 2.45) is 11.8 Å². The van der Waals surface area contributed by atoms with Gasteiger partial charge >= 0.3 is 11.9 Å². The zero-order chi connectivity index (χ0) is 30.4. The van der Waals surface area contributed by atoms with Crippen molar-refractivity contribution in [3.63, 3.8) is 0 Å². The van der Waals surface area contributed by atoms with Gasteiger partial charge in [0.2, 0.25) is 0 Å². The lowest BCUT2D eigenvalue weighted by Crippen LogP contribution is -2.28. The highest BCUT2D eigenvalue weighted by Crippen LogP contribution is 2.16. The molecule has 41 heavy (non-hydrogen) atoms. The molecule has 1 unspecified atom stereocenters. The van der Waals surface area contributed by atoms with Crippen molar-refractivity contribution in [2.75, 3.05) is 13.2 Å². The molecule has 0 heterocycles. The molecule has 0 aliphatic carbocycles. The largest absolute Gasteiger partial charge is 0.462 e. The summed E-state index contributed by atoms with van der Waals surface area (Å²) in [5.41, 5.74) is 0. The Labute approximate surface area is 255 Å². The van der Waals surface area contributed by atoms with Gasteiger partial charge in [0.1, 0.15) is 6.61 Å². The Morgan fingerprint density at radius 2 is 0.951 bits per heavy atom. The number of hydrogen-bond acceptors (Lipinski definition) is 5. The summed E-state index contributed by atoms with van der Waals surface area (Å²) in [6.45, 7) is 8.84. The predicted molar refractivity (Wildman–Crippen MR) is 173 cm³/mol. The quantitative estimate of drug-likeness (QED) is 0.0650. The number of carbonyl (C=O) groups excluding carboxylic acids is 2. The molecule has 0 saturated carbocycles. The molecule has 0 aliphatic rings. The maximum Gasteiger partial charge on any atom is 0.306 e. The lowest BCUT2D eigenvalue weighted by molar-refractivity contribution is -0.161. The summed E-state index contributed by atoms with van der Waals surface area (Å²) in [5.74, 6) is 1.12. The average molecular weight is 583 g/mol. The van der Waals surface area contributed by atoms with Gasteiger partial charge in [-0.15, -0.1) is 0 Å². The van der Waals surface area contributed by atoms with E-state index in [1.807, 2.05) is 0 Å². The van der Waals surface area contributed by atoms with E-state index in [2.05, 4.69) is 27.7 Å². The molecule has 0 spiro atoms. The fraction of sp³-hybridized carbons (Fsp3) is 0.944. The summed E-state index contributed by atoms with van der Waals surface area (Å²) in [5, 5.41) is 9.51. The molecule has 0 rings (SSSR count). The van der Waals surface area contributed by atoms with Gasteiger partial charge in [-0.05, 0) is 24.7 Å². The van der Waals surface area contributed by atoms with Crippen LogP contribution in [0.5, 0.6) is 0 Å². The minimum atomic E-state index is -0.762. The first kappa shape index (κ1) is 39.9. The molecule has 0 fully saturated rings. The van der Waals surface area contributed by atoms with Crippen LogP contribution in [-0.2, 0) is 19.1 Å². The summed E-state index contributed by atoms with van der Waals surface area (Å²) in [6.07, 6.45) is 28.6. The lowest BCUT2D eigenvalue weighted by atomic mass is 9.99. The monoisotopic (exact) mass is 583 g/mol. The van der Waals surface area contributed by atoms with Crippen molar-refractivity contribution in [3.05, 3.63) is 0 Å². The number of unbranched alkanes of at least 4 members (excludes halogenated alkanes) is 18. The molecule has 244 valence electrons. The van der Waals surface area contributed by atoms with Crippen LogP contribution in [0.1, 0.15) is 188 Å². The Kier molecular flexibility index (Phi) is 29.5. The number of hydrogen-bond donors (Lipinski definition) is 1. The molecule has 0 aromatic heterocycles. The third-order valence-corrected chi connectivity index (χ3v) is 8.37. The van der Waals surface area contributed by atoms with Crippen LogP contribution in [0.25, 0.3) is 0 Å². The highest BCUT2D eigenvalue weighted by Gasteiger charge is 2.16. The summed E-state index contributed by atoms with van der Waals surface area (Å²) >= 11 is 0. The fourth-order valence-electron chi connectivity index (χ4n) is 5.24. The number of ether oxygens (including phenoxy) is 2. The Morgan fingerprint density at radius 3 is 1.37 bits per heavy atom. The zero-order valence-corrected chi connectivity index (χ0v) is 27.9. The van der Waals surface area contributed by atoms with E-state index in [1.165, 1.54) is 109 Å². The van der Waals surface area contributed by atoms with Crippen LogP contribution in [0.15, 0.2) is 0 Å². The van der Waals surface area contributed by atoms with Crippen LogP contribution < -0.4 is 0 Å². The van der Waals surface area contributed by atoms with Crippen LogP contribution in [-0.4, -0.2) is 36.4 Å². The van der Waals surface area contributed by atoms with Crippen LogP contribution in [0, 0.1) is 11.8 Å². The van der Waals surface area contributed by atoms with Gasteiger partial charge in [-0.25, -0.2) is 0 Å². The van der Waals surface area contributed by atoms with Crippen LogP contribution in [0.2, 0.25) is 0 Å². The topological polar surface area (TPSA) is 72.8 Å². The molecule has 0 bridgehead atoms. The standard InChI is InChI=1S/C36H70O5/c1-5-33(4)27-23-19-15-11-7-9-12-16-20-24-28-35(38)40-31-34(30-37)41-36(39)29-25-21-17-13-8-6-10-14-18-22-26-32(2)3/h32-34,37H,5-31H2,1-4H3/t33?,34-/m0/s1. The number of esters is 2. The molecule has 0 radical (unpaired) electrons. The first-order valence-electron chi connectivity index (χ1n) is 17.8. The molecule has 5 heteroatoms. The van der Waals surface area contributed by atoms with Gasteiger partial charge in [-0.1, -0.05) is 163 Å². The minimum absolute atomic E-state index is 0.0596. The fourth-order valence-corrected chi connectivity index (χ4v) is 5.24. The van der Waals surface area contributed by atoms with E-state index >= 15 is 0 Å². The Bertz CT molecular complexity index is 576. The van der Waals surface area contributed by atoms with Crippen LogP contribution in [0.4, 0.5) is 0 Å². The number of carbonyl (C=O) groups is 2. The van der Waals surface area contributed by atoms with Crippen molar-refractivity contribution in [3.8, 4) is 0 Å². The highest BCUT2D eigenvalue weighted by molar-refractivity contribution is 5.70. The van der Waals surface area contributed by atoms with Crippen LogP contribution >= 0.6 is 0 Å². The molecule has 0 aliphatic heterocycles. The van der Waals surface area contributed by atoms with Gasteiger partial charge in [-0.2, -0.15) is 0 Å². The van der Waals surface area contributed by atoms with Crippen molar-refractivity contribution >= 4 is 11.9 Å². The van der Waals surface area contributed by atoms with Crippen molar-refractivity contribution in [1.82, 2.24) is 0 Å².